The maximum absolute atomic E-state index is 14.3. The van der Waals surface area contributed by atoms with Gasteiger partial charge in [-0.25, -0.2) is 4.79 Å². The van der Waals surface area contributed by atoms with Crippen LogP contribution in [0.3, 0.4) is 0 Å². The van der Waals surface area contributed by atoms with Crippen molar-refractivity contribution in [1.29, 1.82) is 0 Å². The number of carboxylic acids is 2. The van der Waals surface area contributed by atoms with Gasteiger partial charge >= 0.3 is 11.9 Å². The molecule has 0 unspecified atom stereocenters. The number of carbonyl (C=O) groups excluding carboxylic acids is 10. The van der Waals surface area contributed by atoms with Crippen molar-refractivity contribution in [1.82, 2.24) is 47.9 Å². The number of nitrogens with one attached hydrogen (secondary N) is 9. The van der Waals surface area contributed by atoms with Crippen molar-refractivity contribution >= 4 is 82.8 Å². The number of primary amides is 1. The van der Waals surface area contributed by atoms with Gasteiger partial charge in [-0.1, -0.05) is 103 Å². The van der Waals surface area contributed by atoms with Crippen LogP contribution < -0.4 is 59.3 Å². The Morgan fingerprint density at radius 1 is 0.477 bits per heavy atom. The average Bonchev–Trinajstić information content (AvgIpc) is 3.50. The largest absolute Gasteiger partial charge is 0.508 e. The first-order valence-corrected chi connectivity index (χ1v) is 30.1. The molecule has 0 heterocycles. The minimum Gasteiger partial charge on any atom is -0.508 e. The Morgan fingerprint density at radius 2 is 0.898 bits per heavy atom. The first kappa shape index (κ1) is 73.5. The fourth-order valence-electron chi connectivity index (χ4n) is 8.87. The summed E-state index contributed by atoms with van der Waals surface area (Å²) in [4.78, 5) is 162. The minimum absolute atomic E-state index is 0.0714. The summed E-state index contributed by atoms with van der Waals surface area (Å²) in [5.74, 6) is -13.9. The molecule has 3 rings (SSSR count). The van der Waals surface area contributed by atoms with Crippen LogP contribution in [0.15, 0.2) is 78.9 Å². The molecule has 28 heteroatoms. The van der Waals surface area contributed by atoms with Crippen LogP contribution >= 0.6 is 11.8 Å². The molecule has 0 aliphatic heterocycles. The number of nitrogens with two attached hydrogens (primary N) is 2. The molecule has 0 aliphatic rings. The van der Waals surface area contributed by atoms with Gasteiger partial charge < -0.3 is 79.7 Å². The van der Waals surface area contributed by atoms with Crippen molar-refractivity contribution in [2.75, 3.05) is 12.0 Å². The number of hydrogen-bond donors (Lipinski definition) is 15. The fraction of sp³-hybridized carbons (Fsp3) is 0.500. The SMILES string of the molecule is CC[C@H](C)[C@H](NC(=O)[C@@H](N)Cc1ccccc1)C(=O)N[C@@H](CC(=O)O)C(=O)N[C@@H](CC(C)C)C(=O)N[C@@H](CC(N)=O)C(=O)N[C@@H](Cc1ccc(O)cc1)C(=O)N[C@@H](C)C(=O)N[C@H](C(=O)N[C@@H](Cc1ccc(O)cc1)C(=O)N[C@@H](CCSC)C(=O)O)C(C)C. The number of hydrogen-bond acceptors (Lipinski definition) is 16. The highest BCUT2D eigenvalue weighted by atomic mass is 32.2. The normalized spacial score (nSPS) is 14.9. The second-order valence-electron chi connectivity index (χ2n) is 22.3. The number of carbonyl (C=O) groups is 12. The predicted octanol–water partition coefficient (Wildman–Crippen LogP) is -0.228. The predicted molar refractivity (Wildman–Crippen MR) is 325 cm³/mol. The van der Waals surface area contributed by atoms with Crippen LogP contribution in [0.5, 0.6) is 11.5 Å². The van der Waals surface area contributed by atoms with Crippen LogP contribution in [0.25, 0.3) is 0 Å². The summed E-state index contributed by atoms with van der Waals surface area (Å²) in [7, 11) is 0. The molecule has 17 N–H and O–H groups in total. The third-order valence-corrected chi connectivity index (χ3v) is 14.7. The highest BCUT2D eigenvalue weighted by molar-refractivity contribution is 7.98. The highest BCUT2D eigenvalue weighted by Crippen LogP contribution is 2.17. The standard InChI is InChI=1S/C60H85N11O16S/c1-9-33(6)50(71-52(78)40(61)26-35-13-11-10-12-14-35)59(85)69-46(30-48(75)76)57(83)65-42(25-31(2)3)54(80)67-45(29-47(62)74)56(82)66-43(27-36-15-19-38(72)20-16-36)53(79)63-34(7)51(77)70-49(32(4)5)58(84)68-44(28-37-17-21-39(73)22-18-37)55(81)64-41(60(86)87)23-24-88-8/h10-22,31-34,40-46,49-50,72-73H,9,23-30,61H2,1-8H3,(H2,62,74)(H,63,79)(H,64,81)(H,65,83)(H,66,82)(H,67,80)(H,68,84)(H,69,85)(H,70,77)(H,71,78)(H,75,76)(H,86,87)/t33-,34-,40-,41-,42-,43-,44-,45-,46-,49-,50-/m0/s1. The van der Waals surface area contributed by atoms with E-state index in [0.717, 1.165) is 5.56 Å². The Balaban J connectivity index is 1.87. The van der Waals surface area contributed by atoms with E-state index in [9.17, 15) is 78.0 Å². The van der Waals surface area contributed by atoms with Gasteiger partial charge in [0.2, 0.25) is 59.1 Å². The van der Waals surface area contributed by atoms with Gasteiger partial charge in [0.05, 0.1) is 18.9 Å². The average molecular weight is 1250 g/mol. The number of amides is 10. The van der Waals surface area contributed by atoms with E-state index in [1.807, 2.05) is 0 Å². The maximum Gasteiger partial charge on any atom is 0.326 e. The van der Waals surface area contributed by atoms with Crippen LogP contribution in [0.2, 0.25) is 0 Å². The van der Waals surface area contributed by atoms with E-state index in [1.54, 1.807) is 78.1 Å². The monoisotopic (exact) mass is 1250 g/mol. The molecule has 0 saturated heterocycles. The zero-order chi connectivity index (χ0) is 65.9. The number of thioether (sulfide) groups is 1. The molecular weight excluding hydrogens is 1160 g/mol. The van der Waals surface area contributed by atoms with Gasteiger partial charge in [-0.3, -0.25) is 52.7 Å². The summed E-state index contributed by atoms with van der Waals surface area (Å²) in [5.41, 5.74) is 13.3. The fourth-order valence-corrected chi connectivity index (χ4v) is 9.34. The second-order valence-corrected chi connectivity index (χ2v) is 23.2. The number of benzene rings is 3. The Morgan fingerprint density at radius 3 is 1.38 bits per heavy atom. The second kappa shape index (κ2) is 36.4. The molecule has 11 atom stereocenters. The molecule has 0 spiro atoms. The molecule has 88 heavy (non-hydrogen) atoms. The summed E-state index contributed by atoms with van der Waals surface area (Å²) in [6, 6.07) is 5.36. The number of phenols is 2. The molecule has 0 fully saturated rings. The van der Waals surface area contributed by atoms with Gasteiger partial charge in [0, 0.05) is 12.8 Å². The van der Waals surface area contributed by atoms with Gasteiger partial charge in [0.1, 0.15) is 65.9 Å². The smallest absolute Gasteiger partial charge is 0.326 e. The topological polar surface area (TPSA) is 446 Å². The van der Waals surface area contributed by atoms with Crippen LogP contribution in [0.4, 0.5) is 0 Å². The molecule has 0 aliphatic carbocycles. The first-order valence-electron chi connectivity index (χ1n) is 28.7. The molecule has 0 bridgehead atoms. The Bertz CT molecular complexity index is 2880. The van der Waals surface area contributed by atoms with E-state index in [0.29, 0.717) is 23.3 Å². The van der Waals surface area contributed by atoms with Crippen LogP contribution in [-0.4, -0.2) is 164 Å². The van der Waals surface area contributed by atoms with Crippen molar-refractivity contribution < 1.29 is 78.0 Å². The van der Waals surface area contributed by atoms with E-state index < -0.39 is 156 Å². The number of aliphatic carboxylic acids is 2. The summed E-state index contributed by atoms with van der Waals surface area (Å²) in [5, 5.41) is 62.0. The third kappa shape index (κ3) is 25.3. The van der Waals surface area contributed by atoms with Crippen molar-refractivity contribution in [3.05, 3.63) is 95.6 Å². The lowest BCUT2D eigenvalue weighted by atomic mass is 9.96. The number of aromatic hydroxyl groups is 2. The molecular formula is C60H85N11O16S. The molecule has 0 radical (unpaired) electrons. The zero-order valence-corrected chi connectivity index (χ0v) is 51.4. The Labute approximate surface area is 515 Å². The van der Waals surface area contributed by atoms with Crippen LogP contribution in [0.1, 0.15) is 97.3 Å². The van der Waals surface area contributed by atoms with Gasteiger partial charge in [0.15, 0.2) is 0 Å². The first-order chi connectivity index (χ1) is 41.4. The summed E-state index contributed by atoms with van der Waals surface area (Å²) in [6.07, 6.45) is -0.146. The third-order valence-electron chi connectivity index (χ3n) is 14.1. The van der Waals surface area contributed by atoms with E-state index >= 15 is 0 Å². The Kier molecular flexibility index (Phi) is 30.4. The number of phenolic OH excluding ortho intramolecular Hbond substituents is 2. The van der Waals surface area contributed by atoms with E-state index in [4.69, 9.17) is 11.5 Å². The molecule has 0 saturated carbocycles. The van der Waals surface area contributed by atoms with Crippen LogP contribution in [0, 0.1) is 17.8 Å². The zero-order valence-electron chi connectivity index (χ0n) is 50.6. The van der Waals surface area contributed by atoms with E-state index in [2.05, 4.69) is 47.9 Å². The molecule has 482 valence electrons. The Hall–Kier alpha value is -8.79. The lowest BCUT2D eigenvalue weighted by molar-refractivity contribution is -0.142. The molecule has 3 aromatic rings. The molecule has 10 amide bonds. The summed E-state index contributed by atoms with van der Waals surface area (Å²) in [6.45, 7) is 11.2. The van der Waals surface area contributed by atoms with E-state index in [1.165, 1.54) is 67.2 Å². The van der Waals surface area contributed by atoms with Gasteiger partial charge in [-0.2, -0.15) is 11.8 Å². The summed E-state index contributed by atoms with van der Waals surface area (Å²) < 4.78 is 0. The highest BCUT2D eigenvalue weighted by Gasteiger charge is 2.37. The van der Waals surface area contributed by atoms with Crippen molar-refractivity contribution in [2.24, 2.45) is 29.2 Å². The van der Waals surface area contributed by atoms with Gasteiger partial charge in [-0.15, -0.1) is 0 Å². The summed E-state index contributed by atoms with van der Waals surface area (Å²) >= 11 is 1.36. The maximum atomic E-state index is 14.3. The molecule has 27 nitrogen and oxygen atoms in total. The number of rotatable bonds is 37. The lowest BCUT2D eigenvalue weighted by Gasteiger charge is -2.29. The number of carboxylic acid groups (broad SMARTS) is 2. The van der Waals surface area contributed by atoms with Crippen molar-refractivity contribution in [3.63, 3.8) is 0 Å². The molecule has 0 aromatic heterocycles. The quantitative estimate of drug-likeness (QED) is 0.0355. The minimum atomic E-state index is -1.84. The van der Waals surface area contributed by atoms with Crippen LogP contribution in [-0.2, 0) is 76.8 Å². The molecule has 3 aromatic carbocycles. The van der Waals surface area contributed by atoms with Gasteiger partial charge in [-0.05, 0) is 96.9 Å². The lowest BCUT2D eigenvalue weighted by Crippen LogP contribution is -2.61. The van der Waals surface area contributed by atoms with Crippen molar-refractivity contribution in [3.8, 4) is 11.5 Å². The van der Waals surface area contributed by atoms with Gasteiger partial charge in [0.25, 0.3) is 0 Å². The van der Waals surface area contributed by atoms with Crippen molar-refractivity contribution in [2.45, 2.75) is 160 Å². The van der Waals surface area contributed by atoms with E-state index in [-0.39, 0.29) is 49.5 Å².